The molecule has 1 aliphatic carbocycles. The van der Waals surface area contributed by atoms with Crippen molar-refractivity contribution in [3.8, 4) is 11.3 Å². The van der Waals surface area contributed by atoms with Gasteiger partial charge in [-0.1, -0.05) is 0 Å². The third kappa shape index (κ3) is 2.66. The van der Waals surface area contributed by atoms with Gasteiger partial charge >= 0.3 is 0 Å². The molecule has 2 aromatic rings. The third-order valence-corrected chi connectivity index (χ3v) is 3.09. The minimum Gasteiger partial charge on any atom is -0.440 e. The van der Waals surface area contributed by atoms with Gasteiger partial charge in [-0.05, 0) is 37.1 Å². The van der Waals surface area contributed by atoms with Gasteiger partial charge < -0.3 is 15.5 Å². The molecule has 1 amide bonds. The molecule has 0 bridgehead atoms. The number of hydrogen-bond acceptors (Lipinski definition) is 4. The number of rotatable bonds is 4. The Kier molecular flexibility index (Phi) is 3.05. The van der Waals surface area contributed by atoms with Crippen molar-refractivity contribution >= 4 is 11.6 Å². The van der Waals surface area contributed by atoms with E-state index in [1.54, 1.807) is 6.20 Å². The summed E-state index contributed by atoms with van der Waals surface area (Å²) >= 11 is 0. The van der Waals surface area contributed by atoms with Crippen LogP contribution in [0.5, 0.6) is 0 Å². The number of nitrogens with one attached hydrogen (secondary N) is 1. The van der Waals surface area contributed by atoms with Crippen molar-refractivity contribution in [2.24, 2.45) is 5.73 Å². The molecule has 0 aliphatic heterocycles. The van der Waals surface area contributed by atoms with Crippen LogP contribution >= 0.6 is 0 Å². The molecule has 19 heavy (non-hydrogen) atoms. The number of nitrogens with zero attached hydrogens (tertiary/aromatic N) is 1. The first-order valence-electron chi connectivity index (χ1n) is 6.32. The van der Waals surface area contributed by atoms with Crippen LogP contribution in [0, 0.1) is 0 Å². The van der Waals surface area contributed by atoms with Gasteiger partial charge in [0.1, 0.15) is 0 Å². The smallest absolute Gasteiger partial charge is 0.238 e. The average molecular weight is 257 g/mol. The summed E-state index contributed by atoms with van der Waals surface area (Å²) in [6.45, 7) is -0.0192. The van der Waals surface area contributed by atoms with Gasteiger partial charge in [0.05, 0.1) is 12.7 Å². The highest BCUT2D eigenvalue weighted by atomic mass is 16.4. The molecule has 98 valence electrons. The van der Waals surface area contributed by atoms with Crippen LogP contribution in [0.1, 0.15) is 24.7 Å². The Balaban J connectivity index is 1.75. The lowest BCUT2D eigenvalue weighted by Gasteiger charge is -2.03. The lowest BCUT2D eigenvalue weighted by atomic mass is 10.2. The van der Waals surface area contributed by atoms with E-state index in [2.05, 4.69) is 10.3 Å². The predicted octanol–water partition coefficient (Wildman–Crippen LogP) is 2.12. The molecule has 5 nitrogen and oxygen atoms in total. The Morgan fingerprint density at radius 1 is 1.37 bits per heavy atom. The highest BCUT2D eigenvalue weighted by Gasteiger charge is 2.28. The zero-order chi connectivity index (χ0) is 13.2. The second kappa shape index (κ2) is 4.85. The maximum atomic E-state index is 11.2. The summed E-state index contributed by atoms with van der Waals surface area (Å²) < 4.78 is 5.72. The number of carbonyl (C=O) groups excluding carboxylic acids is 1. The van der Waals surface area contributed by atoms with Crippen molar-refractivity contribution in [2.45, 2.75) is 18.8 Å². The molecule has 1 fully saturated rings. The fourth-order valence-electron chi connectivity index (χ4n) is 1.87. The molecule has 1 saturated carbocycles. The van der Waals surface area contributed by atoms with E-state index in [4.69, 9.17) is 10.2 Å². The Hall–Kier alpha value is -2.14. The fourth-order valence-corrected chi connectivity index (χ4v) is 1.87. The van der Waals surface area contributed by atoms with E-state index in [9.17, 15) is 4.79 Å². The van der Waals surface area contributed by atoms with Crippen molar-refractivity contribution in [1.82, 2.24) is 4.98 Å². The Bertz CT molecular complexity index is 585. The van der Waals surface area contributed by atoms with Crippen molar-refractivity contribution in [1.29, 1.82) is 0 Å². The monoisotopic (exact) mass is 257 g/mol. The Morgan fingerprint density at radius 2 is 2.11 bits per heavy atom. The molecule has 1 aliphatic rings. The normalized spacial score (nSPS) is 14.4. The SMILES string of the molecule is NCC(=O)Nc1ccc(-c2cnc(C3CC3)o2)cc1. The summed E-state index contributed by atoms with van der Waals surface area (Å²) in [6.07, 6.45) is 4.09. The van der Waals surface area contributed by atoms with Crippen molar-refractivity contribution in [2.75, 3.05) is 11.9 Å². The maximum Gasteiger partial charge on any atom is 0.238 e. The van der Waals surface area contributed by atoms with Crippen LogP contribution in [0.25, 0.3) is 11.3 Å². The van der Waals surface area contributed by atoms with E-state index in [-0.39, 0.29) is 12.5 Å². The predicted molar refractivity (Wildman–Crippen MR) is 71.6 cm³/mol. The number of benzene rings is 1. The highest BCUT2D eigenvalue weighted by molar-refractivity contribution is 5.92. The summed E-state index contributed by atoms with van der Waals surface area (Å²) in [4.78, 5) is 15.4. The van der Waals surface area contributed by atoms with E-state index in [1.807, 2.05) is 24.3 Å². The molecule has 1 aromatic heterocycles. The lowest BCUT2D eigenvalue weighted by molar-refractivity contribution is -0.114. The van der Waals surface area contributed by atoms with Crippen LogP contribution in [-0.4, -0.2) is 17.4 Å². The van der Waals surface area contributed by atoms with Crippen LogP contribution in [0.15, 0.2) is 34.9 Å². The molecule has 0 radical (unpaired) electrons. The van der Waals surface area contributed by atoms with Gasteiger partial charge in [0.25, 0.3) is 0 Å². The molecular weight excluding hydrogens is 242 g/mol. The van der Waals surface area contributed by atoms with Gasteiger partial charge in [0.15, 0.2) is 11.7 Å². The maximum absolute atomic E-state index is 11.2. The molecule has 1 aromatic carbocycles. The van der Waals surface area contributed by atoms with Gasteiger partial charge in [0.2, 0.25) is 5.91 Å². The molecule has 3 N–H and O–H groups in total. The zero-order valence-electron chi connectivity index (χ0n) is 10.4. The Labute approximate surface area is 110 Å². The molecule has 5 heteroatoms. The molecular formula is C14H15N3O2. The third-order valence-electron chi connectivity index (χ3n) is 3.09. The summed E-state index contributed by atoms with van der Waals surface area (Å²) in [5.74, 6) is 1.90. The average Bonchev–Trinajstić information content (AvgIpc) is 3.17. The quantitative estimate of drug-likeness (QED) is 0.879. The summed E-state index contributed by atoms with van der Waals surface area (Å²) in [5.41, 5.74) is 6.91. The molecule has 0 spiro atoms. The number of anilines is 1. The topological polar surface area (TPSA) is 81.2 Å². The van der Waals surface area contributed by atoms with Crippen molar-refractivity contribution < 1.29 is 9.21 Å². The largest absolute Gasteiger partial charge is 0.440 e. The number of nitrogens with two attached hydrogens (primary N) is 1. The van der Waals surface area contributed by atoms with Gasteiger partial charge in [-0.3, -0.25) is 4.79 Å². The first-order chi connectivity index (χ1) is 9.26. The number of oxazole rings is 1. The lowest BCUT2D eigenvalue weighted by Crippen LogP contribution is -2.21. The zero-order valence-corrected chi connectivity index (χ0v) is 10.4. The van der Waals surface area contributed by atoms with Crippen LogP contribution in [0.4, 0.5) is 5.69 Å². The second-order valence-corrected chi connectivity index (χ2v) is 4.67. The molecule has 0 unspecified atom stereocenters. The minimum absolute atomic E-state index is 0.0192. The van der Waals surface area contributed by atoms with E-state index >= 15 is 0 Å². The van der Waals surface area contributed by atoms with Crippen molar-refractivity contribution in [3.05, 3.63) is 36.4 Å². The first kappa shape index (κ1) is 11.9. The summed E-state index contributed by atoms with van der Waals surface area (Å²) in [5, 5.41) is 2.69. The molecule has 3 rings (SSSR count). The standard InChI is InChI=1S/C14H15N3O2/c15-7-13(18)17-11-5-3-9(4-6-11)12-8-16-14(19-12)10-1-2-10/h3-6,8,10H,1-2,7,15H2,(H,17,18). The van der Waals surface area contributed by atoms with E-state index < -0.39 is 0 Å². The second-order valence-electron chi connectivity index (χ2n) is 4.67. The Morgan fingerprint density at radius 3 is 2.74 bits per heavy atom. The summed E-state index contributed by atoms with van der Waals surface area (Å²) in [7, 11) is 0. The van der Waals surface area contributed by atoms with E-state index in [1.165, 1.54) is 12.8 Å². The van der Waals surface area contributed by atoms with E-state index in [0.29, 0.717) is 5.92 Å². The number of amides is 1. The van der Waals surface area contributed by atoms with Crippen molar-refractivity contribution in [3.63, 3.8) is 0 Å². The van der Waals surface area contributed by atoms with Gasteiger partial charge in [0, 0.05) is 17.2 Å². The molecule has 0 saturated heterocycles. The van der Waals surface area contributed by atoms with Crippen LogP contribution in [0.3, 0.4) is 0 Å². The van der Waals surface area contributed by atoms with E-state index in [0.717, 1.165) is 22.9 Å². The molecule has 0 atom stereocenters. The first-order valence-corrected chi connectivity index (χ1v) is 6.32. The number of carbonyl (C=O) groups is 1. The minimum atomic E-state index is -0.205. The van der Waals surface area contributed by atoms with Gasteiger partial charge in [-0.25, -0.2) is 4.98 Å². The summed E-state index contributed by atoms with van der Waals surface area (Å²) in [6, 6.07) is 7.43. The van der Waals surface area contributed by atoms with Gasteiger partial charge in [-0.15, -0.1) is 0 Å². The van der Waals surface area contributed by atoms with Crippen LogP contribution in [-0.2, 0) is 4.79 Å². The number of hydrogen-bond donors (Lipinski definition) is 2. The van der Waals surface area contributed by atoms with Crippen LogP contribution in [0.2, 0.25) is 0 Å². The number of aromatic nitrogens is 1. The van der Waals surface area contributed by atoms with Crippen LogP contribution < -0.4 is 11.1 Å². The fraction of sp³-hybridized carbons (Fsp3) is 0.286. The van der Waals surface area contributed by atoms with Gasteiger partial charge in [-0.2, -0.15) is 0 Å². The highest BCUT2D eigenvalue weighted by Crippen LogP contribution is 2.40. The molecule has 1 heterocycles.